The lowest BCUT2D eigenvalue weighted by Crippen LogP contribution is -2.27. The van der Waals surface area contributed by atoms with Crippen LogP contribution in [0.1, 0.15) is 51.0 Å². The zero-order valence-electron chi connectivity index (χ0n) is 17.9. The Morgan fingerprint density at radius 1 is 0.903 bits per heavy atom. The molecule has 0 saturated heterocycles. The van der Waals surface area contributed by atoms with Crippen molar-refractivity contribution >= 4 is 35.0 Å². The molecule has 0 fully saturated rings. The number of amides is 3. The number of carbonyl (C=O) groups excluding carboxylic acids is 5. The summed E-state index contributed by atoms with van der Waals surface area (Å²) in [5.74, 6) is -1.01. The Hall–Kier alpha value is -3.07. The van der Waals surface area contributed by atoms with E-state index in [2.05, 4.69) is 10.6 Å². The highest BCUT2D eigenvalue weighted by Gasteiger charge is 2.08. The molecule has 1 rings (SSSR count). The van der Waals surface area contributed by atoms with Crippen LogP contribution in [0.2, 0.25) is 0 Å². The van der Waals surface area contributed by atoms with Gasteiger partial charge in [0, 0.05) is 37.9 Å². The highest BCUT2D eigenvalue weighted by atomic mass is 16.5. The second kappa shape index (κ2) is 14.8. The number of anilines is 1. The van der Waals surface area contributed by atoms with Crippen LogP contribution in [0, 0.1) is 0 Å². The van der Waals surface area contributed by atoms with E-state index >= 15 is 0 Å². The maximum atomic E-state index is 12.0. The van der Waals surface area contributed by atoms with Gasteiger partial charge >= 0.3 is 0 Å². The van der Waals surface area contributed by atoms with E-state index in [9.17, 15) is 24.0 Å². The second-order valence-corrected chi connectivity index (χ2v) is 7.19. The number of rotatable bonds is 16. The highest BCUT2D eigenvalue weighted by molar-refractivity contribution is 5.98. The molecule has 0 aliphatic heterocycles. The van der Waals surface area contributed by atoms with Gasteiger partial charge in [0.15, 0.2) is 0 Å². The maximum Gasteiger partial charge on any atom is 0.224 e. The molecule has 0 radical (unpaired) electrons. The Labute approximate surface area is 182 Å². The van der Waals surface area contributed by atoms with E-state index in [-0.39, 0.29) is 55.7 Å². The lowest BCUT2D eigenvalue weighted by atomic mass is 10.0. The van der Waals surface area contributed by atoms with Crippen LogP contribution in [-0.2, 0) is 35.1 Å². The largest absolute Gasteiger partial charge is 0.379 e. The summed E-state index contributed by atoms with van der Waals surface area (Å²) < 4.78 is 5.14. The first-order valence-electron chi connectivity index (χ1n) is 10.3. The van der Waals surface area contributed by atoms with Gasteiger partial charge in [-0.15, -0.1) is 0 Å². The zero-order chi connectivity index (χ0) is 23.1. The van der Waals surface area contributed by atoms with Gasteiger partial charge in [-0.2, -0.15) is 0 Å². The average molecular weight is 434 g/mol. The number of hydrogen-bond donors (Lipinski definition) is 3. The minimum atomic E-state index is -0.434. The molecule has 0 heterocycles. The molecule has 4 N–H and O–H groups in total. The molecule has 9 nitrogen and oxygen atoms in total. The van der Waals surface area contributed by atoms with Gasteiger partial charge in [-0.1, -0.05) is 12.1 Å². The lowest BCUT2D eigenvalue weighted by Gasteiger charge is -2.08. The number of nitrogens with two attached hydrogens (primary N) is 1. The van der Waals surface area contributed by atoms with Crippen LogP contribution in [-0.4, -0.2) is 49.0 Å². The van der Waals surface area contributed by atoms with Gasteiger partial charge in [0.25, 0.3) is 0 Å². The Morgan fingerprint density at radius 2 is 1.58 bits per heavy atom. The van der Waals surface area contributed by atoms with Gasteiger partial charge in [-0.3, -0.25) is 24.0 Å². The molecule has 0 aliphatic rings. The van der Waals surface area contributed by atoms with Gasteiger partial charge < -0.3 is 21.1 Å². The molecule has 1 aromatic rings. The van der Waals surface area contributed by atoms with E-state index in [0.29, 0.717) is 38.1 Å². The molecule has 0 aromatic heterocycles. The predicted molar refractivity (Wildman–Crippen MR) is 115 cm³/mol. The van der Waals surface area contributed by atoms with Crippen molar-refractivity contribution in [1.82, 2.24) is 5.32 Å². The van der Waals surface area contributed by atoms with Crippen molar-refractivity contribution in [3.63, 3.8) is 0 Å². The third kappa shape index (κ3) is 13.7. The molecule has 0 atom stereocenters. The van der Waals surface area contributed by atoms with Crippen LogP contribution < -0.4 is 16.4 Å². The first-order valence-corrected chi connectivity index (χ1v) is 10.3. The molecular weight excluding hydrogens is 402 g/mol. The first kappa shape index (κ1) is 26.0. The van der Waals surface area contributed by atoms with Crippen LogP contribution in [0.15, 0.2) is 24.3 Å². The Morgan fingerprint density at radius 3 is 2.23 bits per heavy atom. The quantitative estimate of drug-likeness (QED) is 0.265. The van der Waals surface area contributed by atoms with Gasteiger partial charge in [0.1, 0.15) is 11.6 Å². The molecular formula is C22H31N3O6. The van der Waals surface area contributed by atoms with Crippen molar-refractivity contribution in [2.24, 2.45) is 5.73 Å². The number of hydrogen-bond acceptors (Lipinski definition) is 6. The maximum absolute atomic E-state index is 12.0. The van der Waals surface area contributed by atoms with Gasteiger partial charge in [0.05, 0.1) is 19.6 Å². The van der Waals surface area contributed by atoms with Crippen molar-refractivity contribution in [2.75, 3.05) is 25.1 Å². The third-order valence-electron chi connectivity index (χ3n) is 4.25. The molecule has 0 unspecified atom stereocenters. The molecule has 1 aromatic carbocycles. The number of nitrogens with one attached hydrogen (secondary N) is 2. The highest BCUT2D eigenvalue weighted by Crippen LogP contribution is 2.12. The number of Topliss-reactive ketones (excluding diaryl/α,β-unsaturated/α-hetero) is 2. The first-order chi connectivity index (χ1) is 14.8. The van der Waals surface area contributed by atoms with Crippen LogP contribution in [0.3, 0.4) is 0 Å². The van der Waals surface area contributed by atoms with Crippen molar-refractivity contribution in [3.05, 3.63) is 29.8 Å². The van der Waals surface area contributed by atoms with Gasteiger partial charge in [-0.05, 0) is 37.5 Å². The van der Waals surface area contributed by atoms with E-state index in [1.165, 1.54) is 6.92 Å². The predicted octanol–water partition coefficient (Wildman–Crippen LogP) is 1.28. The average Bonchev–Trinajstić information content (AvgIpc) is 2.69. The number of benzene rings is 1. The Bertz CT molecular complexity index is 761. The molecule has 0 saturated carbocycles. The monoisotopic (exact) mass is 433 g/mol. The lowest BCUT2D eigenvalue weighted by molar-refractivity contribution is -0.126. The Balaban J connectivity index is 2.17. The summed E-state index contributed by atoms with van der Waals surface area (Å²) in [7, 11) is 0. The standard InChI is InChI=1S/C22H31N3O6/c1-16(26)15-19(27)10-7-17-5-8-18(9-6-17)25-22(30)4-2-3-21(29)24-12-14-31-13-11-20(23)28/h5-6,8-9H,2-4,7,10-15H2,1H3,(H2,23,28)(H,24,29)(H,25,30). The third-order valence-corrected chi connectivity index (χ3v) is 4.25. The fourth-order valence-corrected chi connectivity index (χ4v) is 2.66. The molecule has 3 amide bonds. The summed E-state index contributed by atoms with van der Waals surface area (Å²) in [6.45, 7) is 2.25. The van der Waals surface area contributed by atoms with Crippen LogP contribution in [0.25, 0.3) is 0 Å². The fourth-order valence-electron chi connectivity index (χ4n) is 2.66. The topological polar surface area (TPSA) is 145 Å². The molecule has 0 aliphatic carbocycles. The summed E-state index contributed by atoms with van der Waals surface area (Å²) in [6.07, 6.45) is 1.82. The summed E-state index contributed by atoms with van der Waals surface area (Å²) >= 11 is 0. The summed E-state index contributed by atoms with van der Waals surface area (Å²) in [4.78, 5) is 56.8. The molecule has 0 bridgehead atoms. The van der Waals surface area contributed by atoms with Crippen LogP contribution in [0.5, 0.6) is 0 Å². The van der Waals surface area contributed by atoms with Gasteiger partial charge in [0.2, 0.25) is 17.7 Å². The SMILES string of the molecule is CC(=O)CC(=O)CCc1ccc(NC(=O)CCCC(=O)NCCOCCC(N)=O)cc1. The van der Waals surface area contributed by atoms with Crippen molar-refractivity contribution in [3.8, 4) is 0 Å². The van der Waals surface area contributed by atoms with E-state index in [1.54, 1.807) is 12.1 Å². The zero-order valence-corrected chi connectivity index (χ0v) is 17.9. The van der Waals surface area contributed by atoms with Crippen LogP contribution >= 0.6 is 0 Å². The van der Waals surface area contributed by atoms with Crippen molar-refractivity contribution in [2.45, 2.75) is 51.9 Å². The second-order valence-electron chi connectivity index (χ2n) is 7.19. The Kier molecular flexibility index (Phi) is 12.4. The van der Waals surface area contributed by atoms with Crippen LogP contribution in [0.4, 0.5) is 5.69 Å². The van der Waals surface area contributed by atoms with Crippen molar-refractivity contribution in [1.29, 1.82) is 0 Å². The normalized spacial score (nSPS) is 10.4. The minimum absolute atomic E-state index is 0.0309. The summed E-state index contributed by atoms with van der Waals surface area (Å²) in [5, 5.41) is 5.45. The number of ether oxygens (including phenoxy) is 1. The molecule has 9 heteroatoms. The van der Waals surface area contributed by atoms with Gasteiger partial charge in [-0.25, -0.2) is 0 Å². The number of ketones is 2. The summed E-state index contributed by atoms with van der Waals surface area (Å²) in [6, 6.07) is 7.17. The molecule has 0 spiro atoms. The number of primary amides is 1. The number of carbonyl (C=O) groups is 5. The fraction of sp³-hybridized carbons (Fsp3) is 0.500. The molecule has 170 valence electrons. The van der Waals surface area contributed by atoms with E-state index < -0.39 is 5.91 Å². The van der Waals surface area contributed by atoms with E-state index in [1.807, 2.05) is 12.1 Å². The van der Waals surface area contributed by atoms with E-state index in [0.717, 1.165) is 5.56 Å². The molecule has 31 heavy (non-hydrogen) atoms. The minimum Gasteiger partial charge on any atom is -0.379 e. The van der Waals surface area contributed by atoms with Crippen molar-refractivity contribution < 1.29 is 28.7 Å². The smallest absolute Gasteiger partial charge is 0.224 e. The number of aryl methyl sites for hydroxylation is 1. The van der Waals surface area contributed by atoms with E-state index in [4.69, 9.17) is 10.5 Å². The summed E-state index contributed by atoms with van der Waals surface area (Å²) in [5.41, 5.74) is 6.57.